The first-order valence-corrected chi connectivity index (χ1v) is 6.49. The normalized spacial score (nSPS) is 11.2. The first kappa shape index (κ1) is 13.9. The Labute approximate surface area is 117 Å². The molecule has 0 aliphatic heterocycles. The van der Waals surface area contributed by atoms with Crippen LogP contribution in [0, 0.1) is 0 Å². The fourth-order valence-electron chi connectivity index (χ4n) is 2.06. The van der Waals surface area contributed by atoms with E-state index in [1.54, 1.807) is 6.07 Å². The molecule has 0 saturated heterocycles. The molecule has 102 valence electrons. The van der Waals surface area contributed by atoms with Crippen LogP contribution >= 0.6 is 11.6 Å². The van der Waals surface area contributed by atoms with Gasteiger partial charge in [-0.15, -0.1) is 0 Å². The molecule has 0 radical (unpaired) electrons. The lowest BCUT2D eigenvalue weighted by atomic mass is 10.1. The van der Waals surface area contributed by atoms with Crippen molar-refractivity contribution in [1.82, 2.24) is 9.88 Å². The molecule has 0 amide bonds. The van der Waals surface area contributed by atoms with E-state index in [0.717, 1.165) is 29.4 Å². The van der Waals surface area contributed by atoms with Gasteiger partial charge in [0.05, 0.1) is 5.52 Å². The number of esters is 1. The SMILES string of the molecule is CC(=O)Oc1cccc2[nH]c(Cl)c(CCN(C)C)c12. The Morgan fingerprint density at radius 2 is 2.16 bits per heavy atom. The molecule has 1 heterocycles. The van der Waals surface area contributed by atoms with Gasteiger partial charge in [-0.05, 0) is 32.6 Å². The highest BCUT2D eigenvalue weighted by atomic mass is 35.5. The summed E-state index contributed by atoms with van der Waals surface area (Å²) in [6.45, 7) is 2.27. The quantitative estimate of drug-likeness (QED) is 0.692. The number of rotatable bonds is 4. The molecule has 0 aliphatic rings. The molecule has 5 heteroatoms. The highest BCUT2D eigenvalue weighted by Crippen LogP contribution is 2.34. The van der Waals surface area contributed by atoms with Crippen molar-refractivity contribution < 1.29 is 9.53 Å². The summed E-state index contributed by atoms with van der Waals surface area (Å²) < 4.78 is 5.26. The lowest BCUT2D eigenvalue weighted by Gasteiger charge is -2.10. The van der Waals surface area contributed by atoms with Gasteiger partial charge in [-0.25, -0.2) is 0 Å². The van der Waals surface area contributed by atoms with Gasteiger partial charge in [0.25, 0.3) is 0 Å². The molecular formula is C14H17ClN2O2. The number of H-pyrrole nitrogens is 1. The van der Waals surface area contributed by atoms with Crippen molar-refractivity contribution in [1.29, 1.82) is 0 Å². The second kappa shape index (κ2) is 5.63. The smallest absolute Gasteiger partial charge is 0.308 e. The first-order chi connectivity index (χ1) is 8.99. The van der Waals surface area contributed by atoms with E-state index >= 15 is 0 Å². The maximum Gasteiger partial charge on any atom is 0.308 e. The third-order valence-electron chi connectivity index (χ3n) is 2.90. The zero-order valence-electron chi connectivity index (χ0n) is 11.3. The van der Waals surface area contributed by atoms with Crippen LogP contribution in [0.4, 0.5) is 0 Å². The van der Waals surface area contributed by atoms with E-state index in [0.29, 0.717) is 10.9 Å². The molecule has 0 bridgehead atoms. The summed E-state index contributed by atoms with van der Waals surface area (Å²) in [4.78, 5) is 16.4. The molecule has 0 unspecified atom stereocenters. The summed E-state index contributed by atoms with van der Waals surface area (Å²) in [6, 6.07) is 5.55. The number of carbonyl (C=O) groups is 1. The Hall–Kier alpha value is -1.52. The van der Waals surface area contributed by atoms with Gasteiger partial charge in [0.2, 0.25) is 0 Å². The predicted molar refractivity (Wildman–Crippen MR) is 76.9 cm³/mol. The predicted octanol–water partition coefficient (Wildman–Crippen LogP) is 2.85. The number of carbonyl (C=O) groups excluding carboxylic acids is 1. The Morgan fingerprint density at radius 1 is 1.42 bits per heavy atom. The molecule has 2 rings (SSSR count). The van der Waals surface area contributed by atoms with Gasteiger partial charge in [-0.1, -0.05) is 17.7 Å². The topological polar surface area (TPSA) is 45.3 Å². The number of aromatic nitrogens is 1. The van der Waals surface area contributed by atoms with E-state index in [1.165, 1.54) is 6.92 Å². The standard InChI is InChI=1S/C14H17ClN2O2/c1-9(18)19-12-6-4-5-11-13(12)10(14(15)16-11)7-8-17(2)3/h4-6,16H,7-8H2,1-3H3. The molecule has 0 fully saturated rings. The highest BCUT2D eigenvalue weighted by Gasteiger charge is 2.15. The fraction of sp³-hybridized carbons (Fsp3) is 0.357. The van der Waals surface area contributed by atoms with E-state index in [9.17, 15) is 4.79 Å². The summed E-state index contributed by atoms with van der Waals surface area (Å²) in [5, 5.41) is 1.50. The van der Waals surface area contributed by atoms with Gasteiger partial charge in [-0.2, -0.15) is 0 Å². The van der Waals surface area contributed by atoms with Gasteiger partial charge in [0.1, 0.15) is 10.9 Å². The van der Waals surface area contributed by atoms with Crippen LogP contribution in [0.1, 0.15) is 12.5 Å². The molecule has 2 aromatic rings. The minimum atomic E-state index is -0.330. The van der Waals surface area contributed by atoms with Gasteiger partial charge in [-0.3, -0.25) is 4.79 Å². The zero-order valence-corrected chi connectivity index (χ0v) is 12.0. The van der Waals surface area contributed by atoms with Crippen LogP contribution in [0.25, 0.3) is 10.9 Å². The molecule has 0 atom stereocenters. The summed E-state index contributed by atoms with van der Waals surface area (Å²) in [6.07, 6.45) is 0.796. The second-order valence-corrected chi connectivity index (χ2v) is 5.12. The van der Waals surface area contributed by atoms with E-state index in [1.807, 2.05) is 26.2 Å². The van der Waals surface area contributed by atoms with Crippen molar-refractivity contribution in [2.45, 2.75) is 13.3 Å². The van der Waals surface area contributed by atoms with E-state index in [4.69, 9.17) is 16.3 Å². The molecule has 1 aromatic heterocycles. The number of aromatic amines is 1. The summed E-state index contributed by atoms with van der Waals surface area (Å²) >= 11 is 6.25. The highest BCUT2D eigenvalue weighted by molar-refractivity contribution is 6.32. The minimum Gasteiger partial charge on any atom is -0.426 e. The van der Waals surface area contributed by atoms with Crippen molar-refractivity contribution in [2.75, 3.05) is 20.6 Å². The van der Waals surface area contributed by atoms with Crippen molar-refractivity contribution in [3.05, 3.63) is 28.9 Å². The third-order valence-corrected chi connectivity index (χ3v) is 3.22. The van der Waals surface area contributed by atoms with Gasteiger partial charge >= 0.3 is 5.97 Å². The maximum absolute atomic E-state index is 11.2. The Bertz CT molecular complexity index is 605. The summed E-state index contributed by atoms with van der Waals surface area (Å²) in [5.74, 6) is 0.227. The lowest BCUT2D eigenvalue weighted by molar-refractivity contribution is -0.131. The van der Waals surface area contributed by atoms with Crippen LogP contribution in [0.2, 0.25) is 5.15 Å². The Kier molecular flexibility index (Phi) is 4.12. The second-order valence-electron chi connectivity index (χ2n) is 4.74. The van der Waals surface area contributed by atoms with E-state index < -0.39 is 0 Å². The van der Waals surface area contributed by atoms with E-state index in [-0.39, 0.29) is 5.97 Å². The van der Waals surface area contributed by atoms with Crippen LogP contribution in [0.15, 0.2) is 18.2 Å². The maximum atomic E-state index is 11.2. The third kappa shape index (κ3) is 3.08. The van der Waals surface area contributed by atoms with Crippen molar-refractivity contribution in [3.8, 4) is 5.75 Å². The molecule has 1 aromatic carbocycles. The molecule has 0 spiro atoms. The number of likely N-dealkylation sites (N-methyl/N-ethyl adjacent to an activating group) is 1. The Balaban J connectivity index is 2.48. The number of halogens is 1. The zero-order chi connectivity index (χ0) is 14.0. The number of benzene rings is 1. The van der Waals surface area contributed by atoms with Crippen LogP contribution < -0.4 is 4.74 Å². The first-order valence-electron chi connectivity index (χ1n) is 6.11. The molecular weight excluding hydrogens is 264 g/mol. The monoisotopic (exact) mass is 280 g/mol. The van der Waals surface area contributed by atoms with Gasteiger partial charge < -0.3 is 14.6 Å². The Morgan fingerprint density at radius 3 is 2.79 bits per heavy atom. The number of hydrogen-bond acceptors (Lipinski definition) is 3. The van der Waals surface area contributed by atoms with Crippen molar-refractivity contribution in [2.24, 2.45) is 0 Å². The van der Waals surface area contributed by atoms with Crippen LogP contribution in [0.5, 0.6) is 5.75 Å². The number of hydrogen-bond donors (Lipinski definition) is 1. The van der Waals surface area contributed by atoms with E-state index in [2.05, 4.69) is 9.88 Å². The molecule has 1 N–H and O–H groups in total. The van der Waals surface area contributed by atoms with Gasteiger partial charge in [0.15, 0.2) is 0 Å². The van der Waals surface area contributed by atoms with Gasteiger partial charge in [0, 0.05) is 24.4 Å². The fourth-order valence-corrected chi connectivity index (χ4v) is 2.35. The number of ether oxygens (including phenoxy) is 1. The molecule has 4 nitrogen and oxygen atoms in total. The minimum absolute atomic E-state index is 0.330. The number of nitrogens with one attached hydrogen (secondary N) is 1. The molecule has 0 saturated carbocycles. The molecule has 19 heavy (non-hydrogen) atoms. The van der Waals surface area contributed by atoms with Crippen LogP contribution in [-0.4, -0.2) is 36.5 Å². The average molecular weight is 281 g/mol. The summed E-state index contributed by atoms with van der Waals surface area (Å²) in [7, 11) is 4.02. The number of fused-ring (bicyclic) bond motifs is 1. The van der Waals surface area contributed by atoms with Crippen LogP contribution in [0.3, 0.4) is 0 Å². The number of nitrogens with zero attached hydrogens (tertiary/aromatic N) is 1. The van der Waals surface area contributed by atoms with Crippen LogP contribution in [-0.2, 0) is 11.2 Å². The molecule has 0 aliphatic carbocycles. The van der Waals surface area contributed by atoms with Crippen molar-refractivity contribution >= 4 is 28.5 Å². The average Bonchev–Trinajstić information content (AvgIpc) is 2.62. The largest absolute Gasteiger partial charge is 0.426 e. The summed E-state index contributed by atoms with van der Waals surface area (Å²) in [5.41, 5.74) is 1.87. The lowest BCUT2D eigenvalue weighted by Crippen LogP contribution is -2.15. The van der Waals surface area contributed by atoms with Crippen molar-refractivity contribution in [3.63, 3.8) is 0 Å².